The van der Waals surface area contributed by atoms with Gasteiger partial charge in [-0.25, -0.2) is 12.8 Å². The lowest BCUT2D eigenvalue weighted by Gasteiger charge is -2.06. The lowest BCUT2D eigenvalue weighted by molar-refractivity contribution is -0.139. The van der Waals surface area contributed by atoms with Crippen LogP contribution in [0, 0.1) is 5.82 Å². The Hall–Kier alpha value is -1.18. The minimum atomic E-state index is -4.10. The summed E-state index contributed by atoms with van der Waals surface area (Å²) in [5.41, 5.74) is 0. The highest BCUT2D eigenvalue weighted by Crippen LogP contribution is 2.18. The van der Waals surface area contributed by atoms with Crippen LogP contribution in [0.25, 0.3) is 0 Å². The van der Waals surface area contributed by atoms with Crippen molar-refractivity contribution < 1.29 is 22.3 Å². The van der Waals surface area contributed by atoms with Gasteiger partial charge in [0.15, 0.2) is 0 Å². The van der Waals surface area contributed by atoms with Crippen LogP contribution < -0.4 is 4.72 Å². The van der Waals surface area contributed by atoms with Gasteiger partial charge in [0, 0.05) is 5.02 Å². The van der Waals surface area contributed by atoms with Gasteiger partial charge in [-0.15, -0.1) is 0 Å². The fourth-order valence-corrected chi connectivity index (χ4v) is 2.18. The molecule has 0 bridgehead atoms. The quantitative estimate of drug-likeness (QED) is 0.834. The largest absolute Gasteiger partial charge is 0.468 e. The van der Waals surface area contributed by atoms with Crippen LogP contribution in [0.1, 0.15) is 0 Å². The van der Waals surface area contributed by atoms with Crippen molar-refractivity contribution in [1.82, 2.24) is 4.72 Å². The molecule has 0 amide bonds. The molecule has 0 spiro atoms. The highest BCUT2D eigenvalue weighted by Gasteiger charge is 2.20. The van der Waals surface area contributed by atoms with Crippen LogP contribution >= 0.6 is 11.6 Å². The van der Waals surface area contributed by atoms with E-state index in [0.717, 1.165) is 19.2 Å². The summed E-state index contributed by atoms with van der Waals surface area (Å²) < 4.78 is 42.6. The van der Waals surface area contributed by atoms with Crippen molar-refractivity contribution in [2.75, 3.05) is 13.7 Å². The zero-order chi connectivity index (χ0) is 13.1. The van der Waals surface area contributed by atoms with Crippen molar-refractivity contribution in [2.24, 2.45) is 0 Å². The van der Waals surface area contributed by atoms with Crippen molar-refractivity contribution >= 4 is 27.6 Å². The van der Waals surface area contributed by atoms with Gasteiger partial charge in [-0.1, -0.05) is 11.6 Å². The first-order valence-corrected chi connectivity index (χ1v) is 6.24. The Morgan fingerprint density at radius 2 is 2.18 bits per heavy atom. The molecule has 0 heterocycles. The minimum Gasteiger partial charge on any atom is -0.468 e. The monoisotopic (exact) mass is 281 g/mol. The molecule has 1 rings (SSSR count). The number of carbonyl (C=O) groups excluding carboxylic acids is 1. The van der Waals surface area contributed by atoms with Gasteiger partial charge in [0.25, 0.3) is 0 Å². The van der Waals surface area contributed by atoms with Crippen molar-refractivity contribution in [3.63, 3.8) is 0 Å². The Balaban J connectivity index is 2.94. The number of carbonyl (C=O) groups is 1. The summed E-state index contributed by atoms with van der Waals surface area (Å²) in [6, 6.07) is 3.11. The van der Waals surface area contributed by atoms with Gasteiger partial charge in [0.1, 0.15) is 17.3 Å². The van der Waals surface area contributed by atoms with Crippen LogP contribution in [0.4, 0.5) is 4.39 Å². The number of hydrogen-bond acceptors (Lipinski definition) is 4. The third kappa shape index (κ3) is 3.65. The molecule has 5 nitrogen and oxygen atoms in total. The minimum absolute atomic E-state index is 0.0782. The average molecular weight is 282 g/mol. The molecule has 0 aliphatic rings. The van der Waals surface area contributed by atoms with Gasteiger partial charge in [0.05, 0.1) is 7.11 Å². The van der Waals surface area contributed by atoms with Crippen LogP contribution in [0.15, 0.2) is 23.1 Å². The van der Waals surface area contributed by atoms with Gasteiger partial charge in [-0.3, -0.25) is 4.79 Å². The molecule has 0 saturated heterocycles. The summed E-state index contributed by atoms with van der Waals surface area (Å²) in [4.78, 5) is 10.2. The molecular weight excluding hydrogens is 273 g/mol. The van der Waals surface area contributed by atoms with Gasteiger partial charge in [-0.05, 0) is 18.2 Å². The molecule has 0 saturated carbocycles. The molecule has 0 aliphatic carbocycles. The average Bonchev–Trinajstić information content (AvgIpc) is 2.25. The zero-order valence-corrected chi connectivity index (χ0v) is 10.3. The topological polar surface area (TPSA) is 72.5 Å². The van der Waals surface area contributed by atoms with E-state index in [1.807, 2.05) is 4.72 Å². The number of ether oxygens (including phenoxy) is 1. The van der Waals surface area contributed by atoms with E-state index in [1.54, 1.807) is 0 Å². The Bertz CT molecular complexity index is 532. The van der Waals surface area contributed by atoms with Crippen molar-refractivity contribution in [3.8, 4) is 0 Å². The molecule has 1 N–H and O–H groups in total. The first-order chi connectivity index (χ1) is 7.86. The maximum atomic E-state index is 13.3. The highest BCUT2D eigenvalue weighted by molar-refractivity contribution is 7.89. The van der Waals surface area contributed by atoms with E-state index in [-0.39, 0.29) is 5.02 Å². The predicted molar refractivity (Wildman–Crippen MR) is 58.6 cm³/mol. The van der Waals surface area contributed by atoms with Crippen LogP contribution in [0.3, 0.4) is 0 Å². The summed E-state index contributed by atoms with van der Waals surface area (Å²) in [5, 5.41) is 0.0782. The van der Waals surface area contributed by atoms with E-state index < -0.39 is 33.3 Å². The third-order valence-electron chi connectivity index (χ3n) is 1.82. The Kier molecular flexibility index (Phi) is 4.44. The van der Waals surface area contributed by atoms with Crippen LogP contribution in [0.5, 0.6) is 0 Å². The summed E-state index contributed by atoms with van der Waals surface area (Å²) in [6.45, 7) is -0.569. The SMILES string of the molecule is COC(=O)CNS(=O)(=O)c1ccc(Cl)cc1F. The molecule has 0 radical (unpaired) electrons. The Morgan fingerprint density at radius 1 is 1.53 bits per heavy atom. The molecule has 0 fully saturated rings. The molecule has 1 aromatic rings. The Labute approximate surface area is 103 Å². The maximum absolute atomic E-state index is 13.3. The zero-order valence-electron chi connectivity index (χ0n) is 8.74. The Morgan fingerprint density at radius 3 is 2.71 bits per heavy atom. The molecule has 94 valence electrons. The molecule has 0 aromatic heterocycles. The van der Waals surface area contributed by atoms with Gasteiger partial charge >= 0.3 is 5.97 Å². The normalized spacial score (nSPS) is 11.2. The van der Waals surface area contributed by atoms with Crippen molar-refractivity contribution in [1.29, 1.82) is 0 Å². The van der Waals surface area contributed by atoms with Crippen molar-refractivity contribution in [2.45, 2.75) is 4.90 Å². The van der Waals surface area contributed by atoms with E-state index in [2.05, 4.69) is 4.74 Å². The number of hydrogen-bond donors (Lipinski definition) is 1. The molecule has 17 heavy (non-hydrogen) atoms. The lowest BCUT2D eigenvalue weighted by Crippen LogP contribution is -2.30. The standard InChI is InChI=1S/C9H9ClFNO4S/c1-16-9(13)5-12-17(14,15)8-3-2-6(10)4-7(8)11/h2-4,12H,5H2,1H3. The molecule has 8 heteroatoms. The summed E-state index contributed by atoms with van der Waals surface area (Å²) >= 11 is 5.49. The second kappa shape index (κ2) is 5.44. The molecular formula is C9H9ClFNO4S. The number of halogens is 2. The number of methoxy groups -OCH3 is 1. The van der Waals surface area contributed by atoms with E-state index in [4.69, 9.17) is 11.6 Å². The lowest BCUT2D eigenvalue weighted by atomic mass is 10.3. The van der Waals surface area contributed by atoms with E-state index in [1.165, 1.54) is 6.07 Å². The second-order valence-electron chi connectivity index (χ2n) is 2.98. The van der Waals surface area contributed by atoms with Crippen LogP contribution in [-0.2, 0) is 19.6 Å². The van der Waals surface area contributed by atoms with Gasteiger partial charge < -0.3 is 4.74 Å². The summed E-state index contributed by atoms with van der Waals surface area (Å²) in [6.07, 6.45) is 0. The number of benzene rings is 1. The molecule has 0 aliphatic heterocycles. The van der Waals surface area contributed by atoms with Gasteiger partial charge in [-0.2, -0.15) is 4.72 Å². The number of sulfonamides is 1. The fraction of sp³-hybridized carbons (Fsp3) is 0.222. The number of rotatable bonds is 4. The second-order valence-corrected chi connectivity index (χ2v) is 5.15. The highest BCUT2D eigenvalue weighted by atomic mass is 35.5. The van der Waals surface area contributed by atoms with E-state index in [9.17, 15) is 17.6 Å². The third-order valence-corrected chi connectivity index (χ3v) is 3.49. The van der Waals surface area contributed by atoms with E-state index >= 15 is 0 Å². The van der Waals surface area contributed by atoms with Crippen LogP contribution in [-0.4, -0.2) is 28.0 Å². The summed E-state index contributed by atoms with van der Waals surface area (Å²) in [7, 11) is -2.99. The smallest absolute Gasteiger partial charge is 0.320 e. The fourth-order valence-electron chi connectivity index (χ4n) is 0.997. The van der Waals surface area contributed by atoms with E-state index in [0.29, 0.717) is 0 Å². The molecule has 0 unspecified atom stereocenters. The first-order valence-electron chi connectivity index (χ1n) is 4.38. The number of nitrogens with one attached hydrogen (secondary N) is 1. The van der Waals surface area contributed by atoms with Crippen LogP contribution in [0.2, 0.25) is 5.02 Å². The first kappa shape index (κ1) is 13.9. The maximum Gasteiger partial charge on any atom is 0.320 e. The molecule has 0 atom stereocenters. The van der Waals surface area contributed by atoms with Crippen molar-refractivity contribution in [3.05, 3.63) is 29.0 Å². The number of esters is 1. The molecule has 1 aromatic carbocycles. The van der Waals surface area contributed by atoms with Gasteiger partial charge in [0.2, 0.25) is 10.0 Å². The predicted octanol–water partition coefficient (Wildman–Crippen LogP) is 0.930. The summed E-state index contributed by atoms with van der Waals surface area (Å²) in [5.74, 6) is -1.77.